The quantitative estimate of drug-likeness (QED) is 0.737. The topological polar surface area (TPSA) is 12.0 Å². The van der Waals surface area contributed by atoms with E-state index in [0.717, 1.165) is 27.7 Å². The second-order valence-corrected chi connectivity index (χ2v) is 5.77. The number of hydrogen-bond donors (Lipinski definition) is 1. The van der Waals surface area contributed by atoms with Crippen molar-refractivity contribution in [2.24, 2.45) is 0 Å². The molecule has 0 spiro atoms. The third-order valence-corrected chi connectivity index (χ3v) is 4.01. The molecule has 0 saturated carbocycles. The average Bonchev–Trinajstić information content (AvgIpc) is 2.42. The molecule has 1 nitrogen and oxygen atoms in total. The third kappa shape index (κ3) is 3.76. The molecule has 0 aromatic heterocycles. The summed E-state index contributed by atoms with van der Waals surface area (Å²) >= 11 is 2.13. The maximum atomic E-state index is 13.2. The summed E-state index contributed by atoms with van der Waals surface area (Å²) < 4.78 is 27.2. The molecule has 2 aromatic rings. The lowest BCUT2D eigenvalue weighted by Crippen LogP contribution is -2.24. The van der Waals surface area contributed by atoms with Crippen molar-refractivity contribution < 1.29 is 8.78 Å². The molecule has 1 atom stereocenters. The van der Waals surface area contributed by atoms with Crippen molar-refractivity contribution in [1.29, 1.82) is 0 Å². The predicted octanol–water partition coefficient (Wildman–Crippen LogP) is 4.66. The highest BCUT2D eigenvalue weighted by atomic mass is 127. The first-order chi connectivity index (χ1) is 9.61. The lowest BCUT2D eigenvalue weighted by Gasteiger charge is -2.21. The summed E-state index contributed by atoms with van der Waals surface area (Å²) in [7, 11) is 0. The van der Waals surface area contributed by atoms with Gasteiger partial charge in [0.05, 0.1) is 6.04 Å². The van der Waals surface area contributed by atoms with Crippen molar-refractivity contribution in [2.75, 3.05) is 6.54 Å². The second-order valence-electron chi connectivity index (χ2n) is 4.60. The summed E-state index contributed by atoms with van der Waals surface area (Å²) in [6.45, 7) is 2.93. The van der Waals surface area contributed by atoms with Gasteiger partial charge in [-0.05, 0) is 70.9 Å². The summed E-state index contributed by atoms with van der Waals surface area (Å²) in [5, 5.41) is 3.43. The Kier molecular flexibility index (Phi) is 5.48. The standard InChI is InChI=1S/C16H16F2IN/c1-2-9-20-16(11-3-5-12(17)6-4-11)14-8-7-13(18)10-15(14)19/h3-8,10,16,20H,2,9H2,1H3. The van der Waals surface area contributed by atoms with Crippen molar-refractivity contribution in [1.82, 2.24) is 5.32 Å². The Balaban J connectivity index is 2.38. The van der Waals surface area contributed by atoms with Gasteiger partial charge in [0, 0.05) is 3.57 Å². The van der Waals surface area contributed by atoms with E-state index in [1.54, 1.807) is 18.2 Å². The van der Waals surface area contributed by atoms with E-state index in [0.29, 0.717) is 0 Å². The first-order valence-electron chi connectivity index (χ1n) is 6.55. The molecule has 0 fully saturated rings. The first-order valence-corrected chi connectivity index (χ1v) is 7.63. The number of benzene rings is 2. The van der Waals surface area contributed by atoms with E-state index in [9.17, 15) is 8.78 Å². The Bertz CT molecular complexity index is 569. The van der Waals surface area contributed by atoms with Crippen LogP contribution >= 0.6 is 22.6 Å². The largest absolute Gasteiger partial charge is 0.306 e. The van der Waals surface area contributed by atoms with Gasteiger partial charge in [0.2, 0.25) is 0 Å². The van der Waals surface area contributed by atoms with Crippen molar-refractivity contribution in [2.45, 2.75) is 19.4 Å². The Labute approximate surface area is 131 Å². The van der Waals surface area contributed by atoms with E-state index in [4.69, 9.17) is 0 Å². The van der Waals surface area contributed by atoms with Gasteiger partial charge in [-0.2, -0.15) is 0 Å². The molecular weight excluding hydrogens is 371 g/mol. The maximum Gasteiger partial charge on any atom is 0.124 e. The van der Waals surface area contributed by atoms with Gasteiger partial charge in [0.1, 0.15) is 11.6 Å². The zero-order valence-corrected chi connectivity index (χ0v) is 13.3. The second kappa shape index (κ2) is 7.13. The fourth-order valence-electron chi connectivity index (χ4n) is 2.09. The van der Waals surface area contributed by atoms with Gasteiger partial charge in [0.15, 0.2) is 0 Å². The van der Waals surface area contributed by atoms with E-state index < -0.39 is 0 Å². The minimum Gasteiger partial charge on any atom is -0.306 e. The molecule has 0 aliphatic carbocycles. The Morgan fingerprint density at radius 2 is 1.70 bits per heavy atom. The minimum absolute atomic E-state index is 0.0527. The minimum atomic E-state index is -0.253. The van der Waals surface area contributed by atoms with E-state index in [1.165, 1.54) is 24.3 Å². The van der Waals surface area contributed by atoms with Gasteiger partial charge in [-0.1, -0.05) is 25.1 Å². The van der Waals surface area contributed by atoms with Crippen LogP contribution in [0.1, 0.15) is 30.5 Å². The Morgan fingerprint density at radius 3 is 2.30 bits per heavy atom. The number of rotatable bonds is 5. The predicted molar refractivity (Wildman–Crippen MR) is 85.7 cm³/mol. The molecule has 1 N–H and O–H groups in total. The molecule has 0 amide bonds. The number of halogens is 3. The van der Waals surface area contributed by atoms with Crippen LogP contribution in [-0.2, 0) is 0 Å². The molecule has 1 unspecified atom stereocenters. The molecule has 106 valence electrons. The SMILES string of the molecule is CCCNC(c1ccc(F)cc1)c1ccc(F)cc1I. The maximum absolute atomic E-state index is 13.2. The fraction of sp³-hybridized carbons (Fsp3) is 0.250. The lowest BCUT2D eigenvalue weighted by molar-refractivity contribution is 0.586. The Hall–Kier alpha value is -1.01. The molecule has 2 rings (SSSR count). The van der Waals surface area contributed by atoms with E-state index in [2.05, 4.69) is 34.8 Å². The van der Waals surface area contributed by atoms with Crippen LogP contribution in [0.25, 0.3) is 0 Å². The van der Waals surface area contributed by atoms with Crippen molar-refractivity contribution in [3.05, 3.63) is 68.8 Å². The van der Waals surface area contributed by atoms with E-state index >= 15 is 0 Å². The van der Waals surface area contributed by atoms with Crippen molar-refractivity contribution >= 4 is 22.6 Å². The smallest absolute Gasteiger partial charge is 0.124 e. The van der Waals surface area contributed by atoms with Crippen LogP contribution < -0.4 is 5.32 Å². The molecule has 20 heavy (non-hydrogen) atoms. The highest BCUT2D eigenvalue weighted by Gasteiger charge is 2.16. The summed E-state index contributed by atoms with van der Waals surface area (Å²) in [4.78, 5) is 0. The molecule has 0 bridgehead atoms. The molecule has 0 aliphatic heterocycles. The van der Waals surface area contributed by atoms with Crippen LogP contribution in [0.3, 0.4) is 0 Å². The molecule has 2 aromatic carbocycles. The van der Waals surface area contributed by atoms with Crippen LogP contribution in [0.15, 0.2) is 42.5 Å². The van der Waals surface area contributed by atoms with Gasteiger partial charge < -0.3 is 5.32 Å². The zero-order valence-electron chi connectivity index (χ0n) is 11.2. The van der Waals surface area contributed by atoms with Gasteiger partial charge in [0.25, 0.3) is 0 Å². The summed E-state index contributed by atoms with van der Waals surface area (Å²) in [6.07, 6.45) is 0.996. The van der Waals surface area contributed by atoms with Crippen LogP contribution in [0.5, 0.6) is 0 Å². The number of hydrogen-bond acceptors (Lipinski definition) is 1. The van der Waals surface area contributed by atoms with E-state index in [1.807, 2.05) is 0 Å². The summed E-state index contributed by atoms with van der Waals surface area (Å²) in [5.41, 5.74) is 1.98. The normalized spacial score (nSPS) is 12.4. The third-order valence-electron chi connectivity index (χ3n) is 3.08. The van der Waals surface area contributed by atoms with Crippen LogP contribution in [0.2, 0.25) is 0 Å². The van der Waals surface area contributed by atoms with Crippen molar-refractivity contribution in [3.8, 4) is 0 Å². The average molecular weight is 387 g/mol. The molecule has 0 heterocycles. The van der Waals surface area contributed by atoms with Crippen LogP contribution in [0, 0.1) is 15.2 Å². The fourth-order valence-corrected chi connectivity index (χ4v) is 2.88. The van der Waals surface area contributed by atoms with Crippen LogP contribution in [-0.4, -0.2) is 6.54 Å². The van der Waals surface area contributed by atoms with Crippen LogP contribution in [0.4, 0.5) is 8.78 Å². The molecule has 0 aliphatic rings. The highest BCUT2D eigenvalue weighted by Crippen LogP contribution is 2.27. The van der Waals surface area contributed by atoms with Gasteiger partial charge in [-0.15, -0.1) is 0 Å². The van der Waals surface area contributed by atoms with Gasteiger partial charge >= 0.3 is 0 Å². The van der Waals surface area contributed by atoms with E-state index in [-0.39, 0.29) is 17.7 Å². The van der Waals surface area contributed by atoms with Gasteiger partial charge in [-0.25, -0.2) is 8.78 Å². The van der Waals surface area contributed by atoms with Crippen molar-refractivity contribution in [3.63, 3.8) is 0 Å². The lowest BCUT2D eigenvalue weighted by atomic mass is 9.98. The zero-order chi connectivity index (χ0) is 14.5. The monoisotopic (exact) mass is 387 g/mol. The highest BCUT2D eigenvalue weighted by molar-refractivity contribution is 14.1. The molecule has 4 heteroatoms. The van der Waals surface area contributed by atoms with Gasteiger partial charge in [-0.3, -0.25) is 0 Å². The number of nitrogens with one attached hydrogen (secondary N) is 1. The summed E-state index contributed by atoms with van der Waals surface area (Å²) in [6, 6.07) is 11.1. The molecular formula is C16H16F2IN. The Morgan fingerprint density at radius 1 is 1.05 bits per heavy atom. The summed E-state index contributed by atoms with van der Waals surface area (Å²) in [5.74, 6) is -0.497. The molecule has 0 saturated heterocycles. The molecule has 0 radical (unpaired) electrons. The first kappa shape index (κ1) is 15.4.